The van der Waals surface area contributed by atoms with Crippen molar-refractivity contribution < 1.29 is 13.2 Å². The molecule has 0 saturated carbocycles. The van der Waals surface area contributed by atoms with E-state index in [4.69, 9.17) is 0 Å². The van der Waals surface area contributed by atoms with Crippen LogP contribution >= 0.6 is 0 Å². The van der Waals surface area contributed by atoms with Crippen LogP contribution in [0.1, 0.15) is 23.6 Å². The lowest BCUT2D eigenvalue weighted by Crippen LogP contribution is -1.99. The van der Waals surface area contributed by atoms with Crippen molar-refractivity contribution >= 4 is 0 Å². The summed E-state index contributed by atoms with van der Waals surface area (Å²) in [6, 6.07) is 8.78. The van der Waals surface area contributed by atoms with Gasteiger partial charge in [-0.05, 0) is 48.6 Å². The zero-order valence-electron chi connectivity index (χ0n) is 10.7. The maximum absolute atomic E-state index is 13.6. The minimum absolute atomic E-state index is 0.0578. The molecule has 0 saturated heterocycles. The summed E-state index contributed by atoms with van der Waals surface area (Å²) >= 11 is 0. The molecule has 0 bridgehead atoms. The van der Waals surface area contributed by atoms with Crippen LogP contribution in [-0.4, -0.2) is 0 Å². The minimum Gasteiger partial charge on any atom is -0.207 e. The molecule has 0 spiro atoms. The van der Waals surface area contributed by atoms with Crippen molar-refractivity contribution in [3.05, 3.63) is 70.5 Å². The van der Waals surface area contributed by atoms with Gasteiger partial charge in [-0.1, -0.05) is 25.1 Å². The van der Waals surface area contributed by atoms with Gasteiger partial charge in [-0.2, -0.15) is 0 Å². The number of halogens is 3. The molecule has 0 aliphatic heterocycles. The molecular formula is C16H15F3. The average molecular weight is 264 g/mol. The summed E-state index contributed by atoms with van der Waals surface area (Å²) in [6.07, 6.45) is 1.27. The normalized spacial score (nSPS) is 10.7. The van der Waals surface area contributed by atoms with E-state index in [9.17, 15) is 13.2 Å². The summed E-state index contributed by atoms with van der Waals surface area (Å²) in [5.41, 5.74) is 1.46. The van der Waals surface area contributed by atoms with Gasteiger partial charge in [-0.15, -0.1) is 0 Å². The zero-order valence-corrected chi connectivity index (χ0v) is 10.7. The van der Waals surface area contributed by atoms with E-state index in [1.807, 2.05) is 6.92 Å². The highest BCUT2D eigenvalue weighted by molar-refractivity contribution is 5.26. The van der Waals surface area contributed by atoms with E-state index in [2.05, 4.69) is 0 Å². The molecular weight excluding hydrogens is 249 g/mol. The fourth-order valence-corrected chi connectivity index (χ4v) is 2.07. The third-order valence-corrected chi connectivity index (χ3v) is 3.22. The summed E-state index contributed by atoms with van der Waals surface area (Å²) in [5.74, 6) is -1.36. The summed E-state index contributed by atoms with van der Waals surface area (Å²) in [4.78, 5) is 0. The Morgan fingerprint density at radius 2 is 1.53 bits per heavy atom. The van der Waals surface area contributed by atoms with E-state index in [-0.39, 0.29) is 17.8 Å². The number of hydrogen-bond donors (Lipinski definition) is 0. The van der Waals surface area contributed by atoms with Gasteiger partial charge >= 0.3 is 0 Å². The molecule has 0 radical (unpaired) electrons. The molecule has 2 rings (SSSR count). The van der Waals surface area contributed by atoms with Crippen LogP contribution in [0.4, 0.5) is 13.2 Å². The number of benzene rings is 2. The number of aryl methyl sites for hydroxylation is 2. The van der Waals surface area contributed by atoms with Gasteiger partial charge in [-0.3, -0.25) is 0 Å². The van der Waals surface area contributed by atoms with Gasteiger partial charge in [0.2, 0.25) is 0 Å². The van der Waals surface area contributed by atoms with Crippen LogP contribution < -0.4 is 0 Å². The second-order valence-corrected chi connectivity index (χ2v) is 4.48. The topological polar surface area (TPSA) is 0 Å². The highest BCUT2D eigenvalue weighted by atomic mass is 19.1. The molecule has 2 aromatic carbocycles. The number of hydrogen-bond acceptors (Lipinski definition) is 0. The predicted molar refractivity (Wildman–Crippen MR) is 69.5 cm³/mol. The third kappa shape index (κ3) is 3.16. The molecule has 0 aliphatic rings. The van der Waals surface area contributed by atoms with E-state index < -0.39 is 11.6 Å². The molecule has 0 atom stereocenters. The lowest BCUT2D eigenvalue weighted by Gasteiger charge is -2.07. The minimum atomic E-state index is -0.550. The van der Waals surface area contributed by atoms with Crippen molar-refractivity contribution in [2.75, 3.05) is 0 Å². The van der Waals surface area contributed by atoms with Crippen molar-refractivity contribution in [1.29, 1.82) is 0 Å². The Labute approximate surface area is 110 Å². The van der Waals surface area contributed by atoms with Crippen LogP contribution in [0.25, 0.3) is 0 Å². The molecule has 3 heteroatoms. The molecule has 0 nitrogen and oxygen atoms in total. The summed E-state index contributed by atoms with van der Waals surface area (Å²) in [5, 5.41) is 0. The van der Waals surface area contributed by atoms with Crippen LogP contribution in [-0.2, 0) is 19.3 Å². The first-order chi connectivity index (χ1) is 9.11. The fourth-order valence-electron chi connectivity index (χ4n) is 2.07. The summed E-state index contributed by atoms with van der Waals surface area (Å²) in [7, 11) is 0. The van der Waals surface area contributed by atoms with E-state index in [0.29, 0.717) is 18.4 Å². The maximum Gasteiger partial charge on any atom is 0.129 e. The Balaban J connectivity index is 2.13. The molecule has 2 aromatic rings. The smallest absolute Gasteiger partial charge is 0.129 e. The highest BCUT2D eigenvalue weighted by Gasteiger charge is 2.09. The van der Waals surface area contributed by atoms with Gasteiger partial charge in [-0.25, -0.2) is 13.2 Å². The quantitative estimate of drug-likeness (QED) is 0.765. The lowest BCUT2D eigenvalue weighted by atomic mass is 10.0. The van der Waals surface area contributed by atoms with Gasteiger partial charge in [0.05, 0.1) is 0 Å². The lowest BCUT2D eigenvalue weighted by molar-refractivity contribution is 0.554. The molecule has 0 aromatic heterocycles. The fraction of sp³-hybridized carbons (Fsp3) is 0.250. The largest absolute Gasteiger partial charge is 0.207 e. The first kappa shape index (κ1) is 13.7. The Hall–Kier alpha value is -1.77. The molecule has 0 amide bonds. The number of rotatable bonds is 4. The molecule has 0 unspecified atom stereocenters. The molecule has 100 valence electrons. The van der Waals surface area contributed by atoms with Gasteiger partial charge < -0.3 is 0 Å². The first-order valence-corrected chi connectivity index (χ1v) is 6.32. The Kier molecular flexibility index (Phi) is 4.25. The van der Waals surface area contributed by atoms with Crippen LogP contribution in [0.5, 0.6) is 0 Å². The van der Waals surface area contributed by atoms with Crippen LogP contribution in [0.15, 0.2) is 36.4 Å². The van der Waals surface area contributed by atoms with E-state index >= 15 is 0 Å². The van der Waals surface area contributed by atoms with Crippen molar-refractivity contribution in [1.82, 2.24) is 0 Å². The van der Waals surface area contributed by atoms with Crippen molar-refractivity contribution in [3.63, 3.8) is 0 Å². The molecule has 0 N–H and O–H groups in total. The second-order valence-electron chi connectivity index (χ2n) is 4.48. The Bertz CT molecular complexity index is 556. The van der Waals surface area contributed by atoms with Crippen molar-refractivity contribution in [2.45, 2.75) is 26.2 Å². The summed E-state index contributed by atoms with van der Waals surface area (Å²) < 4.78 is 40.5. The average Bonchev–Trinajstić information content (AvgIpc) is 2.38. The molecule has 0 fully saturated rings. The molecule has 0 heterocycles. The first-order valence-electron chi connectivity index (χ1n) is 6.32. The molecule has 19 heavy (non-hydrogen) atoms. The zero-order chi connectivity index (χ0) is 13.8. The summed E-state index contributed by atoms with van der Waals surface area (Å²) in [6.45, 7) is 1.88. The van der Waals surface area contributed by atoms with Crippen LogP contribution in [0.3, 0.4) is 0 Å². The van der Waals surface area contributed by atoms with E-state index in [1.165, 1.54) is 24.3 Å². The third-order valence-electron chi connectivity index (χ3n) is 3.22. The van der Waals surface area contributed by atoms with Crippen molar-refractivity contribution in [2.24, 2.45) is 0 Å². The maximum atomic E-state index is 13.6. The van der Waals surface area contributed by atoms with Gasteiger partial charge in [0.1, 0.15) is 17.5 Å². The van der Waals surface area contributed by atoms with Crippen LogP contribution in [0, 0.1) is 17.5 Å². The highest BCUT2D eigenvalue weighted by Crippen LogP contribution is 2.17. The predicted octanol–water partition coefficient (Wildman–Crippen LogP) is 4.45. The monoisotopic (exact) mass is 264 g/mol. The second kappa shape index (κ2) is 5.91. The van der Waals surface area contributed by atoms with Gasteiger partial charge in [0, 0.05) is 5.56 Å². The van der Waals surface area contributed by atoms with Crippen molar-refractivity contribution in [3.8, 4) is 0 Å². The molecule has 0 aliphatic carbocycles. The van der Waals surface area contributed by atoms with Gasteiger partial charge in [0.25, 0.3) is 0 Å². The Morgan fingerprint density at radius 3 is 2.11 bits per heavy atom. The van der Waals surface area contributed by atoms with E-state index in [1.54, 1.807) is 12.1 Å². The Morgan fingerprint density at radius 1 is 0.842 bits per heavy atom. The standard InChI is InChI=1S/C16H15F3/c1-2-12-8-6-11(10-16(12)19)7-9-13-14(17)4-3-5-15(13)18/h3-6,8,10H,2,7,9H2,1H3. The van der Waals surface area contributed by atoms with Gasteiger partial charge in [0.15, 0.2) is 0 Å². The van der Waals surface area contributed by atoms with Crippen LogP contribution in [0.2, 0.25) is 0 Å². The SMILES string of the molecule is CCc1ccc(CCc2c(F)cccc2F)cc1F. The van der Waals surface area contributed by atoms with E-state index in [0.717, 1.165) is 5.56 Å².